The van der Waals surface area contributed by atoms with Gasteiger partial charge in [-0.05, 0) is 39.3 Å². The highest BCUT2D eigenvalue weighted by atomic mass is 32.2. The van der Waals surface area contributed by atoms with Crippen LogP contribution in [0.5, 0.6) is 0 Å². The summed E-state index contributed by atoms with van der Waals surface area (Å²) in [6, 6.07) is 5.31. The van der Waals surface area contributed by atoms with Crippen molar-refractivity contribution >= 4 is 21.4 Å². The summed E-state index contributed by atoms with van der Waals surface area (Å²) in [6.45, 7) is 7.37. The van der Waals surface area contributed by atoms with Gasteiger partial charge in [0.05, 0.1) is 10.4 Å². The molecule has 0 atom stereocenters. The van der Waals surface area contributed by atoms with E-state index in [0.717, 1.165) is 16.1 Å². The Morgan fingerprint density at radius 2 is 1.95 bits per heavy atom. The normalized spacial score (nSPS) is 12.6. The van der Waals surface area contributed by atoms with E-state index in [9.17, 15) is 8.42 Å². The van der Waals surface area contributed by atoms with Crippen molar-refractivity contribution in [1.82, 2.24) is 9.71 Å². The molecule has 0 aliphatic carbocycles. The van der Waals surface area contributed by atoms with Crippen molar-refractivity contribution in [3.05, 3.63) is 45.9 Å². The molecule has 0 amide bonds. The fraction of sp³-hybridized carbons (Fsp3) is 0.357. The van der Waals surface area contributed by atoms with Gasteiger partial charge in [0.25, 0.3) is 0 Å². The summed E-state index contributed by atoms with van der Waals surface area (Å²) in [6.07, 6.45) is 1.67. The number of hydrogen-bond acceptors (Lipinski definition) is 4. The summed E-state index contributed by atoms with van der Waals surface area (Å²) < 4.78 is 27.8. The second kappa shape index (κ2) is 5.27. The Balaban J connectivity index is 2.37. The van der Waals surface area contributed by atoms with Crippen LogP contribution < -0.4 is 4.72 Å². The van der Waals surface area contributed by atoms with Crippen molar-refractivity contribution in [2.24, 2.45) is 0 Å². The molecule has 0 fully saturated rings. The molecule has 0 spiro atoms. The quantitative estimate of drug-likeness (QED) is 0.944. The van der Waals surface area contributed by atoms with Crippen molar-refractivity contribution in [2.75, 3.05) is 0 Å². The van der Waals surface area contributed by atoms with Gasteiger partial charge >= 0.3 is 0 Å². The molecule has 0 aliphatic rings. The fourth-order valence-electron chi connectivity index (χ4n) is 2.07. The second-order valence-electron chi connectivity index (χ2n) is 5.34. The molecule has 0 saturated carbocycles. The third-order valence-electron chi connectivity index (χ3n) is 2.98. The number of thiazole rings is 1. The number of aromatic nitrogens is 1. The highest BCUT2D eigenvalue weighted by Gasteiger charge is 2.30. The molecule has 6 heteroatoms. The predicted molar refractivity (Wildman–Crippen MR) is 81.4 cm³/mol. The van der Waals surface area contributed by atoms with Gasteiger partial charge in [-0.1, -0.05) is 17.7 Å². The van der Waals surface area contributed by atoms with E-state index in [1.807, 2.05) is 32.2 Å². The zero-order chi connectivity index (χ0) is 15.0. The first-order chi connectivity index (χ1) is 9.22. The molecule has 1 heterocycles. The van der Waals surface area contributed by atoms with E-state index in [4.69, 9.17) is 0 Å². The number of sulfonamides is 1. The maximum absolute atomic E-state index is 12.5. The van der Waals surface area contributed by atoms with Crippen LogP contribution in [0.3, 0.4) is 0 Å². The van der Waals surface area contributed by atoms with E-state index in [2.05, 4.69) is 9.71 Å². The molecule has 0 bridgehead atoms. The number of benzene rings is 1. The number of rotatable bonds is 4. The third kappa shape index (κ3) is 3.08. The van der Waals surface area contributed by atoms with Gasteiger partial charge in [-0.25, -0.2) is 13.4 Å². The molecule has 1 aromatic heterocycles. The van der Waals surface area contributed by atoms with Crippen molar-refractivity contribution in [1.29, 1.82) is 0 Å². The molecule has 0 saturated heterocycles. The van der Waals surface area contributed by atoms with Gasteiger partial charge in [0, 0.05) is 11.6 Å². The SMILES string of the molecule is Cc1ccc(S(=O)(=O)NC(C)(C)c2nccs2)c(C)c1. The van der Waals surface area contributed by atoms with Crippen LogP contribution in [0.1, 0.15) is 30.0 Å². The molecule has 0 radical (unpaired) electrons. The van der Waals surface area contributed by atoms with Gasteiger partial charge in [0.15, 0.2) is 0 Å². The Bertz CT molecular complexity index is 705. The first-order valence-corrected chi connectivity index (χ1v) is 8.60. The molecule has 2 aromatic rings. The minimum Gasteiger partial charge on any atom is -0.248 e. The number of nitrogens with one attached hydrogen (secondary N) is 1. The summed E-state index contributed by atoms with van der Waals surface area (Å²) in [5, 5.41) is 2.58. The summed E-state index contributed by atoms with van der Waals surface area (Å²) in [5.41, 5.74) is 1.05. The summed E-state index contributed by atoms with van der Waals surface area (Å²) in [5.74, 6) is 0. The molecular weight excluding hydrogens is 292 g/mol. The van der Waals surface area contributed by atoms with Gasteiger partial charge in [0.2, 0.25) is 10.0 Å². The minimum atomic E-state index is -3.57. The van der Waals surface area contributed by atoms with Crippen LogP contribution in [-0.2, 0) is 15.6 Å². The van der Waals surface area contributed by atoms with E-state index in [0.29, 0.717) is 4.90 Å². The maximum atomic E-state index is 12.5. The second-order valence-corrected chi connectivity index (χ2v) is 7.88. The zero-order valence-electron chi connectivity index (χ0n) is 12.0. The minimum absolute atomic E-state index is 0.313. The van der Waals surface area contributed by atoms with Crippen LogP contribution in [0.4, 0.5) is 0 Å². The van der Waals surface area contributed by atoms with Crippen LogP contribution in [0, 0.1) is 13.8 Å². The first kappa shape index (κ1) is 15.2. The topological polar surface area (TPSA) is 59.1 Å². The predicted octanol–water partition coefficient (Wildman–Crippen LogP) is 2.97. The molecule has 1 N–H and O–H groups in total. The number of aryl methyl sites for hydroxylation is 2. The first-order valence-electron chi connectivity index (χ1n) is 6.23. The highest BCUT2D eigenvalue weighted by Crippen LogP contribution is 2.26. The molecule has 2 rings (SSSR count). The van der Waals surface area contributed by atoms with Crippen LogP contribution in [0.2, 0.25) is 0 Å². The molecule has 4 nitrogen and oxygen atoms in total. The summed E-state index contributed by atoms with van der Waals surface area (Å²) in [7, 11) is -3.57. The summed E-state index contributed by atoms with van der Waals surface area (Å²) >= 11 is 1.43. The smallest absolute Gasteiger partial charge is 0.241 e. The lowest BCUT2D eigenvalue weighted by Gasteiger charge is -2.24. The zero-order valence-corrected chi connectivity index (χ0v) is 13.6. The Morgan fingerprint density at radius 1 is 1.25 bits per heavy atom. The lowest BCUT2D eigenvalue weighted by Crippen LogP contribution is -2.41. The van der Waals surface area contributed by atoms with Crippen LogP contribution in [0.25, 0.3) is 0 Å². The molecule has 0 unspecified atom stereocenters. The Labute approximate surface area is 123 Å². The van der Waals surface area contributed by atoms with Crippen molar-refractivity contribution < 1.29 is 8.42 Å². The van der Waals surface area contributed by atoms with Crippen LogP contribution in [0.15, 0.2) is 34.7 Å². The largest absolute Gasteiger partial charge is 0.248 e. The van der Waals surface area contributed by atoms with E-state index in [1.54, 1.807) is 25.3 Å². The summed E-state index contributed by atoms with van der Waals surface area (Å²) in [4.78, 5) is 4.51. The van der Waals surface area contributed by atoms with Crippen LogP contribution >= 0.6 is 11.3 Å². The highest BCUT2D eigenvalue weighted by molar-refractivity contribution is 7.89. The van der Waals surface area contributed by atoms with Crippen molar-refractivity contribution in [3.63, 3.8) is 0 Å². The molecule has 1 aromatic carbocycles. The number of hydrogen-bond donors (Lipinski definition) is 1. The molecule has 0 aliphatic heterocycles. The van der Waals surface area contributed by atoms with Crippen molar-refractivity contribution in [3.8, 4) is 0 Å². The monoisotopic (exact) mass is 310 g/mol. The van der Waals surface area contributed by atoms with E-state index in [1.165, 1.54) is 11.3 Å². The Kier molecular flexibility index (Phi) is 4.00. The van der Waals surface area contributed by atoms with E-state index < -0.39 is 15.6 Å². The molecule has 108 valence electrons. The van der Waals surface area contributed by atoms with Gasteiger partial charge in [-0.15, -0.1) is 11.3 Å². The molecular formula is C14H18N2O2S2. The molecule has 20 heavy (non-hydrogen) atoms. The lowest BCUT2D eigenvalue weighted by molar-refractivity contribution is 0.469. The van der Waals surface area contributed by atoms with Gasteiger partial charge in [-0.2, -0.15) is 4.72 Å². The average molecular weight is 310 g/mol. The van der Waals surface area contributed by atoms with E-state index >= 15 is 0 Å². The van der Waals surface area contributed by atoms with E-state index in [-0.39, 0.29) is 0 Å². The fourth-order valence-corrected chi connectivity index (χ4v) is 4.46. The van der Waals surface area contributed by atoms with Crippen LogP contribution in [-0.4, -0.2) is 13.4 Å². The Hall–Kier alpha value is -1.24. The van der Waals surface area contributed by atoms with Gasteiger partial charge in [0.1, 0.15) is 5.01 Å². The standard InChI is InChI=1S/C14H18N2O2S2/c1-10-5-6-12(11(2)9-10)20(17,18)16-14(3,4)13-15-7-8-19-13/h5-9,16H,1-4H3. The third-order valence-corrected chi connectivity index (χ3v) is 5.89. The van der Waals surface area contributed by atoms with Gasteiger partial charge < -0.3 is 0 Å². The number of nitrogens with zero attached hydrogens (tertiary/aromatic N) is 1. The van der Waals surface area contributed by atoms with Gasteiger partial charge in [-0.3, -0.25) is 0 Å². The average Bonchev–Trinajstić information content (AvgIpc) is 2.80. The lowest BCUT2D eigenvalue weighted by atomic mass is 10.1. The maximum Gasteiger partial charge on any atom is 0.241 e. The Morgan fingerprint density at radius 3 is 2.50 bits per heavy atom. The van der Waals surface area contributed by atoms with Crippen molar-refractivity contribution in [2.45, 2.75) is 38.1 Å².